The lowest BCUT2D eigenvalue weighted by Crippen LogP contribution is -2.50. The average molecular weight is 467 g/mol. The monoisotopic (exact) mass is 466 g/mol. The Hall–Kier alpha value is -3.11. The van der Waals surface area contributed by atoms with E-state index in [-0.39, 0.29) is 53.1 Å². The lowest BCUT2D eigenvalue weighted by molar-refractivity contribution is 0.0695. The molecule has 4 heterocycles. The zero-order valence-corrected chi connectivity index (χ0v) is 17.5. The van der Waals surface area contributed by atoms with Crippen molar-refractivity contribution < 1.29 is 23.1 Å². The fourth-order valence-corrected chi connectivity index (χ4v) is 4.62. The molecule has 0 spiro atoms. The quantitative estimate of drug-likeness (QED) is 0.617. The van der Waals surface area contributed by atoms with Gasteiger partial charge in [-0.1, -0.05) is 0 Å². The third-order valence-corrected chi connectivity index (χ3v) is 6.00. The molecule has 32 heavy (non-hydrogen) atoms. The number of hydrogen-bond acceptors (Lipinski definition) is 5. The molecule has 2 fully saturated rings. The maximum Gasteiger partial charge on any atom is 0.341 e. The molecule has 7 nitrogen and oxygen atoms in total. The molecule has 0 unspecified atom stereocenters. The summed E-state index contributed by atoms with van der Waals surface area (Å²) in [7, 11) is 0. The number of rotatable bonds is 3. The highest BCUT2D eigenvalue weighted by molar-refractivity contribution is 5.92. The minimum Gasteiger partial charge on any atom is -0.477 e. The van der Waals surface area contributed by atoms with Crippen molar-refractivity contribution in [2.75, 3.05) is 11.4 Å². The number of carboxylic acids is 1. The van der Waals surface area contributed by atoms with Crippen LogP contribution in [0.5, 0.6) is 0 Å². The number of nitrogens with zero attached hydrogens (tertiary/aromatic N) is 3. The number of halogens is 4. The van der Waals surface area contributed by atoms with E-state index >= 15 is 4.39 Å². The SMILES string of the molecule is C[C@@H]1N[C@@H]2C[C@H]1N(c1nc3c(cc1F)c(=O)c(C(=O)O)cn3-c1ccc(F)cc1F)C2.Cl. The van der Waals surface area contributed by atoms with Crippen LogP contribution < -0.4 is 15.6 Å². The summed E-state index contributed by atoms with van der Waals surface area (Å²) < 4.78 is 44.1. The molecule has 1 aromatic carbocycles. The van der Waals surface area contributed by atoms with Crippen LogP contribution in [-0.2, 0) is 0 Å². The molecular weight excluding hydrogens is 449 g/mol. The summed E-state index contributed by atoms with van der Waals surface area (Å²) in [6.07, 6.45) is 1.75. The fourth-order valence-electron chi connectivity index (χ4n) is 4.62. The van der Waals surface area contributed by atoms with Crippen LogP contribution in [0.3, 0.4) is 0 Å². The van der Waals surface area contributed by atoms with Crippen LogP contribution in [0.15, 0.2) is 35.3 Å². The Labute approximate surface area is 185 Å². The Morgan fingerprint density at radius 1 is 1.22 bits per heavy atom. The number of aromatic nitrogens is 2. The first kappa shape index (κ1) is 22.1. The Morgan fingerprint density at radius 3 is 2.59 bits per heavy atom. The van der Waals surface area contributed by atoms with Gasteiger partial charge in [-0.05, 0) is 31.5 Å². The minimum absolute atomic E-state index is 0. The van der Waals surface area contributed by atoms with Gasteiger partial charge in [-0.25, -0.2) is 22.9 Å². The van der Waals surface area contributed by atoms with Gasteiger partial charge in [0, 0.05) is 36.9 Å². The first-order valence-electron chi connectivity index (χ1n) is 9.72. The number of benzene rings is 1. The first-order valence-corrected chi connectivity index (χ1v) is 9.72. The van der Waals surface area contributed by atoms with Gasteiger partial charge >= 0.3 is 5.97 Å². The Morgan fingerprint density at radius 2 is 1.97 bits per heavy atom. The maximum absolute atomic E-state index is 15.1. The predicted octanol–water partition coefficient (Wildman–Crippen LogP) is 2.86. The third-order valence-electron chi connectivity index (χ3n) is 6.00. The van der Waals surface area contributed by atoms with E-state index in [1.54, 1.807) is 0 Å². The van der Waals surface area contributed by atoms with Crippen molar-refractivity contribution in [3.8, 4) is 5.69 Å². The van der Waals surface area contributed by atoms with Gasteiger partial charge in [0.25, 0.3) is 0 Å². The highest BCUT2D eigenvalue weighted by Gasteiger charge is 2.44. The number of pyridine rings is 2. The number of aromatic carboxylic acids is 1. The number of carboxylic acid groups (broad SMARTS) is 1. The molecule has 3 aromatic rings. The van der Waals surface area contributed by atoms with Crippen LogP contribution in [0.25, 0.3) is 16.7 Å². The second-order valence-corrected chi connectivity index (χ2v) is 7.92. The van der Waals surface area contributed by atoms with Crippen LogP contribution in [0.2, 0.25) is 0 Å². The van der Waals surface area contributed by atoms with Gasteiger partial charge in [-0.2, -0.15) is 0 Å². The largest absolute Gasteiger partial charge is 0.477 e. The van der Waals surface area contributed by atoms with Gasteiger partial charge in [-0.15, -0.1) is 12.4 Å². The normalized spacial score (nSPS) is 21.8. The maximum atomic E-state index is 15.1. The molecule has 168 valence electrons. The molecule has 0 aliphatic carbocycles. The summed E-state index contributed by atoms with van der Waals surface area (Å²) in [6.45, 7) is 2.51. The van der Waals surface area contributed by atoms with Crippen molar-refractivity contribution >= 4 is 35.2 Å². The second-order valence-electron chi connectivity index (χ2n) is 7.92. The van der Waals surface area contributed by atoms with E-state index in [1.807, 2.05) is 11.8 Å². The molecule has 2 aromatic heterocycles. The minimum atomic E-state index is -1.55. The first-order chi connectivity index (χ1) is 14.7. The summed E-state index contributed by atoms with van der Waals surface area (Å²) in [5, 5.41) is 12.5. The second kappa shape index (κ2) is 7.79. The van der Waals surface area contributed by atoms with Crippen molar-refractivity contribution in [2.45, 2.75) is 31.5 Å². The molecule has 0 amide bonds. The molecule has 5 rings (SSSR count). The van der Waals surface area contributed by atoms with Crippen molar-refractivity contribution in [1.29, 1.82) is 0 Å². The summed E-state index contributed by atoms with van der Waals surface area (Å²) in [5.41, 5.74) is -1.93. The van der Waals surface area contributed by atoms with Crippen LogP contribution >= 0.6 is 12.4 Å². The van der Waals surface area contributed by atoms with Gasteiger partial charge in [0.15, 0.2) is 17.3 Å². The third kappa shape index (κ3) is 3.30. The molecule has 2 aliphatic rings. The molecule has 2 N–H and O–H groups in total. The summed E-state index contributed by atoms with van der Waals surface area (Å²) in [6, 6.07) is 3.98. The molecule has 2 saturated heterocycles. The molecule has 2 bridgehead atoms. The lowest BCUT2D eigenvalue weighted by atomic mass is 10.1. The highest BCUT2D eigenvalue weighted by atomic mass is 35.5. The smallest absolute Gasteiger partial charge is 0.341 e. The van der Waals surface area contributed by atoms with Crippen LogP contribution in [0, 0.1) is 17.5 Å². The number of piperazine rings is 1. The van der Waals surface area contributed by atoms with E-state index in [4.69, 9.17) is 0 Å². The zero-order valence-electron chi connectivity index (χ0n) is 16.7. The summed E-state index contributed by atoms with van der Waals surface area (Å²) in [4.78, 5) is 30.4. The van der Waals surface area contributed by atoms with Crippen molar-refractivity contribution in [3.05, 3.63) is 63.7 Å². The standard InChI is InChI=1S/C21H17F3N4O3.ClH/c1-9-17-5-11(25-9)7-27(17)20-15(24)6-12-18(29)13(21(30)31)8-28(19(12)26-20)16-3-2-10(22)4-14(16)23;/h2-4,6,8-9,11,17,25H,5,7H2,1H3,(H,30,31);1H/t9-,11+,17+;/m0./s1. The zero-order chi connectivity index (χ0) is 22.0. The molecular formula is C21H18ClF3N4O3. The lowest BCUT2D eigenvalue weighted by Gasteiger charge is -2.33. The Balaban J connectivity index is 0.00000245. The van der Waals surface area contributed by atoms with Crippen LogP contribution in [0.4, 0.5) is 19.0 Å². The Bertz CT molecular complexity index is 1320. The average Bonchev–Trinajstić information content (AvgIpc) is 3.28. The van der Waals surface area contributed by atoms with E-state index in [0.29, 0.717) is 12.6 Å². The molecule has 0 radical (unpaired) electrons. The van der Waals surface area contributed by atoms with Crippen molar-refractivity contribution in [1.82, 2.24) is 14.9 Å². The summed E-state index contributed by atoms with van der Waals surface area (Å²) >= 11 is 0. The molecule has 11 heteroatoms. The van der Waals surface area contributed by atoms with Gasteiger partial charge in [-0.3, -0.25) is 9.36 Å². The number of hydrogen-bond donors (Lipinski definition) is 2. The number of nitrogens with one attached hydrogen (secondary N) is 1. The van der Waals surface area contributed by atoms with E-state index in [9.17, 15) is 23.5 Å². The summed E-state index contributed by atoms with van der Waals surface area (Å²) in [5.74, 6) is -4.11. The van der Waals surface area contributed by atoms with E-state index in [1.165, 1.54) is 0 Å². The van der Waals surface area contributed by atoms with Gasteiger partial charge < -0.3 is 15.3 Å². The van der Waals surface area contributed by atoms with Gasteiger partial charge in [0.1, 0.15) is 17.2 Å². The van der Waals surface area contributed by atoms with Gasteiger partial charge in [0.2, 0.25) is 5.43 Å². The highest BCUT2D eigenvalue weighted by Crippen LogP contribution is 2.34. The van der Waals surface area contributed by atoms with Crippen molar-refractivity contribution in [3.63, 3.8) is 0 Å². The van der Waals surface area contributed by atoms with Crippen molar-refractivity contribution in [2.24, 2.45) is 0 Å². The molecule has 0 saturated carbocycles. The number of carbonyl (C=O) groups is 1. The predicted molar refractivity (Wildman–Crippen MR) is 114 cm³/mol. The molecule has 3 atom stereocenters. The fraction of sp³-hybridized carbons (Fsp3) is 0.286. The van der Waals surface area contributed by atoms with Crippen LogP contribution in [0.1, 0.15) is 23.7 Å². The number of anilines is 1. The van der Waals surface area contributed by atoms with Gasteiger partial charge in [0.05, 0.1) is 11.1 Å². The van der Waals surface area contributed by atoms with E-state index < -0.39 is 34.4 Å². The molecule has 2 aliphatic heterocycles. The van der Waals surface area contributed by atoms with E-state index in [0.717, 1.165) is 35.4 Å². The number of fused-ring (bicyclic) bond motifs is 3. The Kier molecular flexibility index (Phi) is 5.38. The van der Waals surface area contributed by atoms with Crippen LogP contribution in [-0.4, -0.2) is 45.3 Å². The van der Waals surface area contributed by atoms with E-state index in [2.05, 4.69) is 10.3 Å². The topological polar surface area (TPSA) is 87.5 Å².